The Morgan fingerprint density at radius 2 is 1.82 bits per heavy atom. The number of aliphatic carboxylic acids is 1. The molecule has 17 heavy (non-hydrogen) atoms. The van der Waals surface area contributed by atoms with Crippen LogP contribution in [0.3, 0.4) is 0 Å². The van der Waals surface area contributed by atoms with Gasteiger partial charge in [-0.15, -0.1) is 0 Å². The van der Waals surface area contributed by atoms with Gasteiger partial charge in [0.15, 0.2) is 0 Å². The first-order chi connectivity index (χ1) is 7.91. The number of allylic oxidation sites excluding steroid dienone is 4. The lowest BCUT2D eigenvalue weighted by atomic mass is 10.0. The summed E-state index contributed by atoms with van der Waals surface area (Å²) in [5.74, 6) is -0.420. The third kappa shape index (κ3) is 11.2. The minimum atomic E-state index is -0.693. The van der Waals surface area contributed by atoms with Crippen LogP contribution < -0.4 is 0 Å². The highest BCUT2D eigenvalue weighted by atomic mass is 16.4. The summed E-state index contributed by atoms with van der Waals surface area (Å²) >= 11 is 0. The second-order valence-corrected chi connectivity index (χ2v) is 5.15. The van der Waals surface area contributed by atoms with Crippen LogP contribution in [0.2, 0.25) is 0 Å². The lowest BCUT2D eigenvalue weighted by Gasteiger charge is -2.06. The van der Waals surface area contributed by atoms with Gasteiger partial charge < -0.3 is 5.11 Å². The van der Waals surface area contributed by atoms with Gasteiger partial charge in [0.1, 0.15) is 0 Å². The van der Waals surface area contributed by atoms with Gasteiger partial charge in [0.05, 0.1) is 0 Å². The summed E-state index contributed by atoms with van der Waals surface area (Å²) in [5, 5.41) is 8.64. The van der Waals surface area contributed by atoms with Crippen molar-refractivity contribution in [2.24, 2.45) is 5.92 Å². The molecule has 0 bridgehead atoms. The Morgan fingerprint density at radius 1 is 1.18 bits per heavy atom. The Bertz CT molecular complexity index is 283. The molecule has 0 aliphatic heterocycles. The van der Waals surface area contributed by atoms with Gasteiger partial charge in [-0.25, -0.2) is 0 Å². The van der Waals surface area contributed by atoms with Crippen LogP contribution in [-0.4, -0.2) is 11.1 Å². The van der Waals surface area contributed by atoms with E-state index in [1.165, 1.54) is 11.1 Å². The number of carbonyl (C=O) groups is 1. The Morgan fingerprint density at radius 3 is 2.35 bits per heavy atom. The van der Waals surface area contributed by atoms with Gasteiger partial charge in [-0.3, -0.25) is 4.79 Å². The first-order valence-electron chi connectivity index (χ1n) is 6.42. The lowest BCUT2D eigenvalue weighted by molar-refractivity contribution is -0.138. The van der Waals surface area contributed by atoms with E-state index in [1.54, 1.807) is 0 Å². The van der Waals surface area contributed by atoms with Crippen molar-refractivity contribution in [3.63, 3.8) is 0 Å². The van der Waals surface area contributed by atoms with E-state index < -0.39 is 5.97 Å². The van der Waals surface area contributed by atoms with Crippen molar-refractivity contribution < 1.29 is 9.90 Å². The Balaban J connectivity index is 3.76. The molecule has 0 aliphatic rings. The van der Waals surface area contributed by atoms with Crippen molar-refractivity contribution >= 4 is 5.97 Å². The molecule has 0 amide bonds. The molecule has 0 aliphatic carbocycles. The van der Waals surface area contributed by atoms with Crippen LogP contribution in [0.4, 0.5) is 0 Å². The zero-order valence-electron chi connectivity index (χ0n) is 11.6. The van der Waals surface area contributed by atoms with E-state index in [9.17, 15) is 4.79 Å². The quantitative estimate of drug-likeness (QED) is 0.629. The smallest absolute Gasteiger partial charge is 0.303 e. The minimum absolute atomic E-state index is 0.273. The zero-order valence-corrected chi connectivity index (χ0v) is 11.6. The Labute approximate surface area is 105 Å². The summed E-state index contributed by atoms with van der Waals surface area (Å²) in [4.78, 5) is 10.5. The van der Waals surface area contributed by atoms with Gasteiger partial charge in [0.25, 0.3) is 0 Å². The van der Waals surface area contributed by atoms with Crippen molar-refractivity contribution in [1.82, 2.24) is 0 Å². The molecule has 1 N–H and O–H groups in total. The largest absolute Gasteiger partial charge is 0.481 e. The number of carboxylic acid groups (broad SMARTS) is 1. The number of hydrogen-bond acceptors (Lipinski definition) is 1. The zero-order chi connectivity index (χ0) is 13.3. The molecule has 1 unspecified atom stereocenters. The molecule has 0 radical (unpaired) electrons. The van der Waals surface area contributed by atoms with Crippen LogP contribution in [0, 0.1) is 5.92 Å². The maximum atomic E-state index is 10.5. The predicted octanol–water partition coefficient (Wildman–Crippen LogP) is 4.57. The number of hydrogen-bond donors (Lipinski definition) is 1. The third-order valence-corrected chi connectivity index (χ3v) is 2.77. The molecular weight excluding hydrogens is 212 g/mol. The molecule has 0 aromatic carbocycles. The highest BCUT2D eigenvalue weighted by Gasteiger charge is 2.05. The predicted molar refractivity (Wildman–Crippen MR) is 73.1 cm³/mol. The monoisotopic (exact) mass is 238 g/mol. The Kier molecular flexibility index (Phi) is 8.47. The second kappa shape index (κ2) is 9.03. The third-order valence-electron chi connectivity index (χ3n) is 2.77. The highest BCUT2D eigenvalue weighted by Crippen LogP contribution is 2.13. The topological polar surface area (TPSA) is 37.3 Å². The van der Waals surface area contributed by atoms with Crippen LogP contribution in [0.1, 0.15) is 59.8 Å². The summed E-state index contributed by atoms with van der Waals surface area (Å²) in [6, 6.07) is 0. The van der Waals surface area contributed by atoms with Gasteiger partial charge in [0.2, 0.25) is 0 Å². The molecular formula is C15H26O2. The van der Waals surface area contributed by atoms with Crippen LogP contribution in [0.15, 0.2) is 23.3 Å². The van der Waals surface area contributed by atoms with Gasteiger partial charge in [0, 0.05) is 6.42 Å². The first-order valence-corrected chi connectivity index (χ1v) is 6.42. The van der Waals surface area contributed by atoms with Crippen LogP contribution in [0.5, 0.6) is 0 Å². The minimum Gasteiger partial charge on any atom is -0.481 e. The summed E-state index contributed by atoms with van der Waals surface area (Å²) in [6.07, 6.45) is 8.96. The van der Waals surface area contributed by atoms with Crippen molar-refractivity contribution in [2.45, 2.75) is 59.8 Å². The van der Waals surface area contributed by atoms with E-state index in [2.05, 4.69) is 32.9 Å². The van der Waals surface area contributed by atoms with Crippen LogP contribution in [0.25, 0.3) is 0 Å². The van der Waals surface area contributed by atoms with Gasteiger partial charge in [-0.05, 0) is 52.4 Å². The van der Waals surface area contributed by atoms with Crippen molar-refractivity contribution in [3.8, 4) is 0 Å². The first kappa shape index (κ1) is 16.0. The summed E-state index contributed by atoms with van der Waals surface area (Å²) < 4.78 is 0. The molecule has 0 fully saturated rings. The van der Waals surface area contributed by atoms with E-state index in [0.717, 1.165) is 25.7 Å². The summed E-state index contributed by atoms with van der Waals surface area (Å²) in [6.45, 7) is 8.39. The molecule has 0 aromatic heterocycles. The molecule has 1 atom stereocenters. The molecule has 2 nitrogen and oxygen atoms in total. The highest BCUT2D eigenvalue weighted by molar-refractivity contribution is 5.66. The van der Waals surface area contributed by atoms with Crippen LogP contribution in [-0.2, 0) is 4.79 Å². The van der Waals surface area contributed by atoms with E-state index in [-0.39, 0.29) is 12.3 Å². The van der Waals surface area contributed by atoms with Crippen molar-refractivity contribution in [2.75, 3.05) is 0 Å². The fraction of sp³-hybridized carbons (Fsp3) is 0.667. The fourth-order valence-electron chi connectivity index (χ4n) is 1.70. The average molecular weight is 238 g/mol. The maximum absolute atomic E-state index is 10.5. The van der Waals surface area contributed by atoms with Crippen LogP contribution >= 0.6 is 0 Å². The summed E-state index contributed by atoms with van der Waals surface area (Å²) in [5.41, 5.74) is 2.78. The number of carboxylic acids is 1. The second-order valence-electron chi connectivity index (χ2n) is 5.15. The molecule has 0 aromatic rings. The molecule has 2 heteroatoms. The molecule has 0 rings (SSSR count). The maximum Gasteiger partial charge on any atom is 0.303 e. The normalized spacial score (nSPS) is 13.3. The Hall–Kier alpha value is -1.05. The van der Waals surface area contributed by atoms with Gasteiger partial charge in [-0.1, -0.05) is 30.2 Å². The van der Waals surface area contributed by atoms with Crippen molar-refractivity contribution in [1.29, 1.82) is 0 Å². The van der Waals surface area contributed by atoms with E-state index >= 15 is 0 Å². The van der Waals surface area contributed by atoms with Gasteiger partial charge >= 0.3 is 5.97 Å². The van der Waals surface area contributed by atoms with Crippen molar-refractivity contribution in [3.05, 3.63) is 23.3 Å². The lowest BCUT2D eigenvalue weighted by Crippen LogP contribution is -2.03. The average Bonchev–Trinajstić information content (AvgIpc) is 2.15. The van der Waals surface area contributed by atoms with E-state index in [0.29, 0.717) is 0 Å². The molecule has 0 spiro atoms. The number of rotatable bonds is 8. The van der Waals surface area contributed by atoms with E-state index in [4.69, 9.17) is 5.11 Å². The fourth-order valence-corrected chi connectivity index (χ4v) is 1.70. The SMILES string of the molecule is CC(C)=CCC/C(C)=C\CCC(C)CC(=O)O. The van der Waals surface area contributed by atoms with Gasteiger partial charge in [-0.2, -0.15) is 0 Å². The molecule has 0 saturated carbocycles. The summed E-state index contributed by atoms with van der Waals surface area (Å²) in [7, 11) is 0. The standard InChI is InChI=1S/C15H26O2/c1-12(2)7-5-8-13(3)9-6-10-14(4)11-15(16)17/h7,9,14H,5-6,8,10-11H2,1-4H3,(H,16,17)/b13-9-. The molecule has 0 heterocycles. The molecule has 98 valence electrons. The van der Waals surface area contributed by atoms with E-state index in [1.807, 2.05) is 6.92 Å². The molecule has 0 saturated heterocycles.